The second-order valence-electron chi connectivity index (χ2n) is 5.20. The van der Waals surface area contributed by atoms with Gasteiger partial charge in [-0.25, -0.2) is 4.39 Å². The van der Waals surface area contributed by atoms with E-state index in [9.17, 15) is 9.18 Å². The molecule has 0 saturated carbocycles. The molecule has 1 amide bonds. The van der Waals surface area contributed by atoms with E-state index < -0.39 is 0 Å². The summed E-state index contributed by atoms with van der Waals surface area (Å²) in [7, 11) is 0. The lowest BCUT2D eigenvalue weighted by atomic mass is 10.1. The normalized spacial score (nSPS) is 10.5. The van der Waals surface area contributed by atoms with Gasteiger partial charge in [-0.15, -0.1) is 0 Å². The molecular formula is C19H16FNO2. The van der Waals surface area contributed by atoms with Crippen LogP contribution in [-0.2, 0) is 13.1 Å². The van der Waals surface area contributed by atoms with Crippen molar-refractivity contribution in [2.24, 2.45) is 0 Å². The largest absolute Gasteiger partial charge is 0.467 e. The Bertz CT molecular complexity index is 769. The molecule has 0 aliphatic heterocycles. The van der Waals surface area contributed by atoms with Crippen LogP contribution in [0.25, 0.3) is 0 Å². The van der Waals surface area contributed by atoms with Crippen LogP contribution in [0.4, 0.5) is 4.39 Å². The molecule has 0 unspecified atom stereocenters. The molecule has 2 aromatic carbocycles. The van der Waals surface area contributed by atoms with Crippen LogP contribution in [0, 0.1) is 5.82 Å². The van der Waals surface area contributed by atoms with E-state index in [1.165, 1.54) is 6.07 Å². The van der Waals surface area contributed by atoms with Crippen LogP contribution in [0.5, 0.6) is 0 Å². The Morgan fingerprint density at radius 1 is 0.913 bits per heavy atom. The van der Waals surface area contributed by atoms with Gasteiger partial charge in [0.05, 0.1) is 12.8 Å². The molecule has 3 nitrogen and oxygen atoms in total. The van der Waals surface area contributed by atoms with Gasteiger partial charge < -0.3 is 9.32 Å². The number of hydrogen-bond acceptors (Lipinski definition) is 2. The summed E-state index contributed by atoms with van der Waals surface area (Å²) in [6, 6.07) is 19.0. The quantitative estimate of drug-likeness (QED) is 0.705. The molecule has 0 atom stereocenters. The van der Waals surface area contributed by atoms with Crippen molar-refractivity contribution in [1.29, 1.82) is 0 Å². The lowest BCUT2D eigenvalue weighted by Gasteiger charge is -2.22. The van der Waals surface area contributed by atoms with E-state index in [4.69, 9.17) is 4.42 Å². The van der Waals surface area contributed by atoms with E-state index >= 15 is 0 Å². The molecule has 1 heterocycles. The molecule has 0 aliphatic carbocycles. The molecule has 1 aromatic heterocycles. The molecule has 3 rings (SSSR count). The summed E-state index contributed by atoms with van der Waals surface area (Å²) >= 11 is 0. The number of carbonyl (C=O) groups is 1. The molecule has 0 aliphatic rings. The maximum atomic E-state index is 13.9. The van der Waals surface area contributed by atoms with Crippen LogP contribution in [0.15, 0.2) is 77.4 Å². The average molecular weight is 309 g/mol. The predicted molar refractivity (Wildman–Crippen MR) is 85.1 cm³/mol. The standard InChI is InChI=1S/C19H16FNO2/c20-18-11-5-4-9-16(18)13-21(14-17-10-6-12-23-17)19(22)15-7-2-1-3-8-15/h1-12H,13-14H2. The van der Waals surface area contributed by atoms with Gasteiger partial charge in [-0.05, 0) is 30.3 Å². The summed E-state index contributed by atoms with van der Waals surface area (Å²) in [6.45, 7) is 0.468. The third kappa shape index (κ3) is 3.66. The second-order valence-corrected chi connectivity index (χ2v) is 5.20. The Kier molecular flexibility index (Phi) is 4.52. The van der Waals surface area contributed by atoms with Crippen LogP contribution >= 0.6 is 0 Å². The zero-order valence-electron chi connectivity index (χ0n) is 12.5. The molecule has 0 spiro atoms. The number of furan rings is 1. The average Bonchev–Trinajstić information content (AvgIpc) is 3.09. The maximum Gasteiger partial charge on any atom is 0.254 e. The Morgan fingerprint density at radius 3 is 2.35 bits per heavy atom. The highest BCUT2D eigenvalue weighted by molar-refractivity contribution is 5.94. The van der Waals surface area contributed by atoms with Crippen molar-refractivity contribution in [3.8, 4) is 0 Å². The minimum absolute atomic E-state index is 0.162. The Balaban J connectivity index is 1.87. The molecule has 0 radical (unpaired) electrons. The van der Waals surface area contributed by atoms with Crippen molar-refractivity contribution in [2.75, 3.05) is 0 Å². The maximum absolute atomic E-state index is 13.9. The Morgan fingerprint density at radius 2 is 1.65 bits per heavy atom. The van der Waals surface area contributed by atoms with Crippen LogP contribution in [0.1, 0.15) is 21.7 Å². The molecule has 116 valence electrons. The predicted octanol–water partition coefficient (Wildman–Crippen LogP) is 4.26. The molecule has 0 saturated heterocycles. The zero-order chi connectivity index (χ0) is 16.1. The first kappa shape index (κ1) is 15.0. The summed E-state index contributed by atoms with van der Waals surface area (Å²) in [6.07, 6.45) is 1.56. The smallest absolute Gasteiger partial charge is 0.254 e. The molecular weight excluding hydrogens is 293 g/mol. The molecule has 0 bridgehead atoms. The third-order valence-corrected chi connectivity index (χ3v) is 3.55. The summed E-state index contributed by atoms with van der Waals surface area (Å²) in [4.78, 5) is 14.3. The number of hydrogen-bond donors (Lipinski definition) is 0. The highest BCUT2D eigenvalue weighted by atomic mass is 19.1. The second kappa shape index (κ2) is 6.92. The Hall–Kier alpha value is -2.88. The van der Waals surface area contributed by atoms with Crippen molar-refractivity contribution >= 4 is 5.91 Å². The molecule has 0 N–H and O–H groups in total. The first-order valence-electron chi connectivity index (χ1n) is 7.34. The summed E-state index contributed by atoms with van der Waals surface area (Å²) < 4.78 is 19.3. The summed E-state index contributed by atoms with van der Waals surface area (Å²) in [5, 5.41) is 0. The van der Waals surface area contributed by atoms with Gasteiger partial charge >= 0.3 is 0 Å². The lowest BCUT2D eigenvalue weighted by Crippen LogP contribution is -2.30. The monoisotopic (exact) mass is 309 g/mol. The van der Waals surface area contributed by atoms with Crippen molar-refractivity contribution in [3.63, 3.8) is 0 Å². The van der Waals surface area contributed by atoms with E-state index in [0.717, 1.165) is 0 Å². The van der Waals surface area contributed by atoms with Crippen molar-refractivity contribution in [3.05, 3.63) is 95.7 Å². The summed E-state index contributed by atoms with van der Waals surface area (Å²) in [5.41, 5.74) is 1.04. The summed E-state index contributed by atoms with van der Waals surface area (Å²) in [5.74, 6) is 0.175. The van der Waals surface area contributed by atoms with Gasteiger partial charge in [-0.2, -0.15) is 0 Å². The highest BCUT2D eigenvalue weighted by Gasteiger charge is 2.18. The lowest BCUT2D eigenvalue weighted by molar-refractivity contribution is 0.0716. The first-order valence-corrected chi connectivity index (χ1v) is 7.34. The van der Waals surface area contributed by atoms with Gasteiger partial charge in [0.25, 0.3) is 5.91 Å². The number of benzene rings is 2. The molecule has 3 aromatic rings. The number of nitrogens with zero attached hydrogens (tertiary/aromatic N) is 1. The fourth-order valence-electron chi connectivity index (χ4n) is 2.39. The van der Waals surface area contributed by atoms with E-state index in [-0.39, 0.29) is 24.8 Å². The third-order valence-electron chi connectivity index (χ3n) is 3.55. The number of halogens is 1. The van der Waals surface area contributed by atoms with Gasteiger partial charge in [-0.3, -0.25) is 4.79 Å². The SMILES string of the molecule is O=C(c1ccccc1)N(Cc1ccco1)Cc1ccccc1F. The highest BCUT2D eigenvalue weighted by Crippen LogP contribution is 2.16. The number of carbonyl (C=O) groups excluding carboxylic acids is 1. The molecule has 0 fully saturated rings. The number of amides is 1. The van der Waals surface area contributed by atoms with E-state index in [1.807, 2.05) is 6.07 Å². The van der Waals surface area contributed by atoms with E-state index in [2.05, 4.69) is 0 Å². The minimum atomic E-state index is -0.321. The zero-order valence-corrected chi connectivity index (χ0v) is 12.5. The van der Waals surface area contributed by atoms with Crippen LogP contribution in [0.2, 0.25) is 0 Å². The van der Waals surface area contributed by atoms with E-state index in [0.29, 0.717) is 16.9 Å². The Labute approximate surface area is 134 Å². The van der Waals surface area contributed by atoms with Crippen molar-refractivity contribution in [1.82, 2.24) is 4.90 Å². The van der Waals surface area contributed by atoms with Gasteiger partial charge in [0, 0.05) is 17.7 Å². The topological polar surface area (TPSA) is 33.5 Å². The van der Waals surface area contributed by atoms with E-state index in [1.54, 1.807) is 65.8 Å². The van der Waals surface area contributed by atoms with Gasteiger partial charge in [-0.1, -0.05) is 36.4 Å². The van der Waals surface area contributed by atoms with Crippen LogP contribution in [0.3, 0.4) is 0 Å². The van der Waals surface area contributed by atoms with Crippen molar-refractivity contribution in [2.45, 2.75) is 13.1 Å². The van der Waals surface area contributed by atoms with Gasteiger partial charge in [0.2, 0.25) is 0 Å². The van der Waals surface area contributed by atoms with Crippen molar-refractivity contribution < 1.29 is 13.6 Å². The fourth-order valence-corrected chi connectivity index (χ4v) is 2.39. The van der Waals surface area contributed by atoms with Gasteiger partial charge in [0.1, 0.15) is 11.6 Å². The number of rotatable bonds is 5. The van der Waals surface area contributed by atoms with Gasteiger partial charge in [0.15, 0.2) is 0 Å². The van der Waals surface area contributed by atoms with Crippen LogP contribution < -0.4 is 0 Å². The first-order chi connectivity index (χ1) is 11.2. The molecule has 4 heteroatoms. The molecule has 23 heavy (non-hydrogen) atoms. The fraction of sp³-hybridized carbons (Fsp3) is 0.105. The minimum Gasteiger partial charge on any atom is -0.467 e. The van der Waals surface area contributed by atoms with Crippen LogP contribution in [-0.4, -0.2) is 10.8 Å².